The molecule has 0 radical (unpaired) electrons. The molecule has 9 nitrogen and oxygen atoms in total. The van der Waals surface area contributed by atoms with Gasteiger partial charge in [-0.2, -0.15) is 0 Å². The number of carbonyl (C=O) groups excluding carboxylic acids is 1. The lowest BCUT2D eigenvalue weighted by Crippen LogP contribution is -2.26. The number of nitrogens with zero attached hydrogens (tertiary/aromatic N) is 2. The Morgan fingerprint density at radius 2 is 1.64 bits per heavy atom. The number of hydrogen-bond donors (Lipinski definition) is 2. The van der Waals surface area contributed by atoms with E-state index in [2.05, 4.69) is 10.5 Å². The molecular formula is C23H24N4O5S. The molecule has 0 saturated heterocycles. The van der Waals surface area contributed by atoms with Crippen LogP contribution in [0.15, 0.2) is 95.0 Å². The average Bonchev–Trinajstić information content (AvgIpc) is 2.83. The predicted molar refractivity (Wildman–Crippen MR) is 127 cm³/mol. The molecule has 0 fully saturated rings. The zero-order chi connectivity index (χ0) is 23.7. The first kappa shape index (κ1) is 23.6. The largest absolute Gasteiger partial charge is 0.486 e. The standard InChI is InChI=1S/C23H24N4O5S/c1-27(19-10-4-2-5-11-19)33(29,30)21-14-8-9-18(15-21)25-23(28)17-32-26-22(24)16-31-20-12-6-3-7-13-20/h2-15H,16-17H2,1H3,(H2,24,26)(H,25,28). The van der Waals surface area contributed by atoms with Crippen molar-refractivity contribution in [1.29, 1.82) is 0 Å². The van der Waals surface area contributed by atoms with E-state index in [9.17, 15) is 13.2 Å². The first-order chi connectivity index (χ1) is 15.9. The van der Waals surface area contributed by atoms with Crippen molar-refractivity contribution in [1.82, 2.24) is 0 Å². The van der Waals surface area contributed by atoms with E-state index < -0.39 is 22.5 Å². The van der Waals surface area contributed by atoms with Gasteiger partial charge in [-0.3, -0.25) is 9.10 Å². The molecule has 0 atom stereocenters. The molecule has 0 aliphatic heterocycles. The van der Waals surface area contributed by atoms with Gasteiger partial charge in [-0.05, 0) is 42.5 Å². The zero-order valence-electron chi connectivity index (χ0n) is 17.9. The van der Waals surface area contributed by atoms with E-state index in [-0.39, 0.29) is 17.3 Å². The number of benzene rings is 3. The van der Waals surface area contributed by atoms with Crippen LogP contribution < -0.4 is 20.1 Å². The molecule has 0 heterocycles. The topological polar surface area (TPSA) is 123 Å². The molecule has 3 N–H and O–H groups in total. The summed E-state index contributed by atoms with van der Waals surface area (Å²) in [6.45, 7) is -0.409. The Morgan fingerprint density at radius 3 is 2.33 bits per heavy atom. The van der Waals surface area contributed by atoms with Gasteiger partial charge in [-0.15, -0.1) is 0 Å². The highest BCUT2D eigenvalue weighted by molar-refractivity contribution is 7.92. The molecular weight excluding hydrogens is 444 g/mol. The van der Waals surface area contributed by atoms with E-state index in [1.54, 1.807) is 54.6 Å². The minimum atomic E-state index is -3.81. The van der Waals surface area contributed by atoms with Gasteiger partial charge in [0.1, 0.15) is 12.4 Å². The van der Waals surface area contributed by atoms with E-state index in [0.29, 0.717) is 17.1 Å². The lowest BCUT2D eigenvalue weighted by atomic mass is 10.3. The Kier molecular flexibility index (Phi) is 7.87. The van der Waals surface area contributed by atoms with Gasteiger partial charge in [0, 0.05) is 12.7 Å². The molecule has 172 valence electrons. The maximum Gasteiger partial charge on any atom is 0.265 e. The minimum Gasteiger partial charge on any atom is -0.486 e. The number of rotatable bonds is 10. The first-order valence-electron chi connectivity index (χ1n) is 9.92. The van der Waals surface area contributed by atoms with Crippen LogP contribution in [0.1, 0.15) is 0 Å². The summed E-state index contributed by atoms with van der Waals surface area (Å²) in [5, 5.41) is 6.22. The highest BCUT2D eigenvalue weighted by Gasteiger charge is 2.21. The summed E-state index contributed by atoms with van der Waals surface area (Å²) in [5.74, 6) is 0.159. The van der Waals surface area contributed by atoms with Crippen LogP contribution in [0.3, 0.4) is 0 Å². The van der Waals surface area contributed by atoms with Crippen LogP contribution in [0.4, 0.5) is 11.4 Å². The summed E-state index contributed by atoms with van der Waals surface area (Å²) >= 11 is 0. The van der Waals surface area contributed by atoms with Crippen LogP contribution in [0.5, 0.6) is 5.75 Å². The molecule has 0 aliphatic rings. The Bertz CT molecular complexity index is 1200. The Balaban J connectivity index is 1.54. The smallest absolute Gasteiger partial charge is 0.265 e. The van der Waals surface area contributed by atoms with Gasteiger partial charge in [-0.1, -0.05) is 47.6 Å². The minimum absolute atomic E-state index is 0.000465. The number of amides is 1. The molecule has 1 amide bonds. The first-order valence-corrected chi connectivity index (χ1v) is 11.4. The van der Waals surface area contributed by atoms with Gasteiger partial charge >= 0.3 is 0 Å². The second-order valence-electron chi connectivity index (χ2n) is 6.84. The van der Waals surface area contributed by atoms with Crippen molar-refractivity contribution in [3.8, 4) is 5.75 Å². The summed E-state index contributed by atoms with van der Waals surface area (Å²) in [6.07, 6.45) is 0. The molecule has 0 spiro atoms. The van der Waals surface area contributed by atoms with Gasteiger partial charge in [0.05, 0.1) is 10.6 Å². The fourth-order valence-electron chi connectivity index (χ4n) is 2.74. The van der Waals surface area contributed by atoms with E-state index in [0.717, 1.165) is 0 Å². The number of anilines is 2. The molecule has 0 bridgehead atoms. The maximum absolute atomic E-state index is 12.9. The lowest BCUT2D eigenvalue weighted by molar-refractivity contribution is -0.120. The third kappa shape index (κ3) is 6.71. The van der Waals surface area contributed by atoms with Crippen molar-refractivity contribution in [3.63, 3.8) is 0 Å². The quantitative estimate of drug-likeness (QED) is 0.268. The van der Waals surface area contributed by atoms with E-state index in [4.69, 9.17) is 15.3 Å². The molecule has 10 heteroatoms. The summed E-state index contributed by atoms with van der Waals surface area (Å²) in [7, 11) is -2.34. The molecule has 3 rings (SSSR count). The number of hydrogen-bond acceptors (Lipinski definition) is 6. The third-order valence-electron chi connectivity index (χ3n) is 4.40. The highest BCUT2D eigenvalue weighted by Crippen LogP contribution is 2.23. The fourth-order valence-corrected chi connectivity index (χ4v) is 3.98. The molecule has 33 heavy (non-hydrogen) atoms. The average molecular weight is 469 g/mol. The number of sulfonamides is 1. The van der Waals surface area contributed by atoms with Crippen molar-refractivity contribution < 1.29 is 22.8 Å². The predicted octanol–water partition coefficient (Wildman–Crippen LogP) is 2.82. The summed E-state index contributed by atoms with van der Waals surface area (Å²) in [6, 6.07) is 23.7. The van der Waals surface area contributed by atoms with E-state index in [1.165, 1.54) is 23.5 Å². The molecule has 3 aromatic carbocycles. The van der Waals surface area contributed by atoms with Gasteiger partial charge in [0.15, 0.2) is 12.4 Å². The normalized spacial score (nSPS) is 11.5. The van der Waals surface area contributed by atoms with Crippen molar-refractivity contribution in [3.05, 3.63) is 84.9 Å². The number of amidine groups is 1. The second-order valence-corrected chi connectivity index (χ2v) is 8.81. The Hall–Kier alpha value is -4.05. The molecule has 0 aliphatic carbocycles. The zero-order valence-corrected chi connectivity index (χ0v) is 18.7. The molecule has 0 unspecified atom stereocenters. The Morgan fingerprint density at radius 1 is 0.970 bits per heavy atom. The summed E-state index contributed by atoms with van der Waals surface area (Å²) in [4.78, 5) is 17.1. The van der Waals surface area contributed by atoms with Crippen molar-refractivity contribution in [2.45, 2.75) is 4.90 Å². The number of para-hydroxylation sites is 2. The summed E-state index contributed by atoms with van der Waals surface area (Å²) in [5.41, 5.74) is 6.52. The van der Waals surface area contributed by atoms with E-state index >= 15 is 0 Å². The SMILES string of the molecule is CN(c1ccccc1)S(=O)(=O)c1cccc(NC(=O)CO/N=C(/N)COc2ccccc2)c1. The molecule has 0 saturated carbocycles. The number of nitrogens with two attached hydrogens (primary N) is 1. The van der Waals surface area contributed by atoms with Crippen LogP contribution in [0.2, 0.25) is 0 Å². The number of carbonyl (C=O) groups is 1. The van der Waals surface area contributed by atoms with Crippen LogP contribution in [0.25, 0.3) is 0 Å². The number of nitrogens with one attached hydrogen (secondary N) is 1. The monoisotopic (exact) mass is 468 g/mol. The Labute approximate surface area is 192 Å². The van der Waals surface area contributed by atoms with Crippen LogP contribution in [-0.4, -0.2) is 40.4 Å². The molecule has 3 aromatic rings. The lowest BCUT2D eigenvalue weighted by Gasteiger charge is -2.19. The van der Waals surface area contributed by atoms with E-state index in [1.807, 2.05) is 18.2 Å². The van der Waals surface area contributed by atoms with Crippen LogP contribution in [0, 0.1) is 0 Å². The van der Waals surface area contributed by atoms with Gasteiger partial charge in [-0.25, -0.2) is 8.42 Å². The van der Waals surface area contributed by atoms with Crippen molar-refractivity contribution in [2.75, 3.05) is 29.9 Å². The van der Waals surface area contributed by atoms with Crippen molar-refractivity contribution in [2.24, 2.45) is 10.9 Å². The summed E-state index contributed by atoms with van der Waals surface area (Å²) < 4.78 is 32.4. The van der Waals surface area contributed by atoms with Gasteiger partial charge < -0.3 is 20.6 Å². The van der Waals surface area contributed by atoms with Crippen molar-refractivity contribution >= 4 is 33.1 Å². The highest BCUT2D eigenvalue weighted by atomic mass is 32.2. The van der Waals surface area contributed by atoms with Crippen LogP contribution in [-0.2, 0) is 19.7 Å². The maximum atomic E-state index is 12.9. The fraction of sp³-hybridized carbons (Fsp3) is 0.130. The van der Waals surface area contributed by atoms with Gasteiger partial charge in [0.25, 0.3) is 15.9 Å². The third-order valence-corrected chi connectivity index (χ3v) is 6.18. The number of oxime groups is 1. The molecule has 0 aromatic heterocycles. The second kappa shape index (κ2) is 11.0. The van der Waals surface area contributed by atoms with Crippen LogP contribution >= 0.6 is 0 Å². The number of ether oxygens (including phenoxy) is 1. The van der Waals surface area contributed by atoms with Gasteiger partial charge in [0.2, 0.25) is 0 Å².